The van der Waals surface area contributed by atoms with Gasteiger partial charge in [-0.3, -0.25) is 4.79 Å². The molecule has 25 heavy (non-hydrogen) atoms. The molecule has 2 aromatic carbocycles. The Morgan fingerprint density at radius 2 is 1.96 bits per heavy atom. The van der Waals surface area contributed by atoms with Crippen LogP contribution < -0.4 is 24.8 Å². The Hall–Kier alpha value is -2.60. The largest absolute Gasteiger partial charge is 0.495 e. The van der Waals surface area contributed by atoms with Gasteiger partial charge in [-0.25, -0.2) is 0 Å². The van der Waals surface area contributed by atoms with E-state index in [-0.39, 0.29) is 5.91 Å². The number of halogens is 1. The van der Waals surface area contributed by atoms with Gasteiger partial charge in [-0.1, -0.05) is 11.6 Å². The Kier molecular flexibility index (Phi) is 5.50. The number of nitrogens with one attached hydrogen (secondary N) is 2. The lowest BCUT2D eigenvalue weighted by atomic mass is 10.2. The molecule has 0 spiro atoms. The van der Waals surface area contributed by atoms with Gasteiger partial charge in [-0.05, 0) is 30.3 Å². The van der Waals surface area contributed by atoms with Crippen LogP contribution >= 0.6 is 11.6 Å². The lowest BCUT2D eigenvalue weighted by molar-refractivity contribution is -0.115. The van der Waals surface area contributed by atoms with E-state index in [1.807, 2.05) is 0 Å². The molecule has 0 bridgehead atoms. The van der Waals surface area contributed by atoms with E-state index in [9.17, 15) is 4.79 Å². The van der Waals surface area contributed by atoms with E-state index >= 15 is 0 Å². The summed E-state index contributed by atoms with van der Waals surface area (Å²) in [5.41, 5.74) is 1.43. The van der Waals surface area contributed by atoms with Gasteiger partial charge in [0.15, 0.2) is 11.5 Å². The first kappa shape index (κ1) is 17.2. The van der Waals surface area contributed by atoms with Crippen molar-refractivity contribution in [2.75, 3.05) is 37.5 Å². The minimum Gasteiger partial charge on any atom is -0.495 e. The summed E-state index contributed by atoms with van der Waals surface area (Å²) in [7, 11) is 1.59. The van der Waals surface area contributed by atoms with Crippen molar-refractivity contribution in [1.29, 1.82) is 0 Å². The fourth-order valence-electron chi connectivity index (χ4n) is 2.47. The predicted molar refractivity (Wildman–Crippen MR) is 97.2 cm³/mol. The summed E-state index contributed by atoms with van der Waals surface area (Å²) in [5.74, 6) is 1.91. The molecule has 0 fully saturated rings. The van der Waals surface area contributed by atoms with E-state index in [1.165, 1.54) is 0 Å². The molecule has 3 rings (SSSR count). The molecule has 1 heterocycles. The molecule has 2 aromatic rings. The van der Waals surface area contributed by atoms with Crippen molar-refractivity contribution in [3.8, 4) is 17.2 Å². The topological polar surface area (TPSA) is 68.8 Å². The van der Waals surface area contributed by atoms with Crippen LogP contribution in [0.3, 0.4) is 0 Å². The molecule has 1 aliphatic rings. The number of benzene rings is 2. The highest BCUT2D eigenvalue weighted by Crippen LogP contribution is 2.32. The first-order valence-electron chi connectivity index (χ1n) is 7.92. The Balaban J connectivity index is 1.52. The quantitative estimate of drug-likeness (QED) is 0.822. The van der Waals surface area contributed by atoms with Gasteiger partial charge in [-0.2, -0.15) is 0 Å². The lowest BCUT2D eigenvalue weighted by Gasteiger charge is -2.19. The fraction of sp³-hybridized carbons (Fsp3) is 0.278. The van der Waals surface area contributed by atoms with Gasteiger partial charge in [0.2, 0.25) is 5.91 Å². The maximum absolute atomic E-state index is 12.1. The molecule has 0 saturated carbocycles. The normalized spacial score (nSPS) is 12.4. The summed E-state index contributed by atoms with van der Waals surface area (Å²) >= 11 is 5.98. The lowest BCUT2D eigenvalue weighted by Crippen LogP contribution is -2.18. The third kappa shape index (κ3) is 4.48. The van der Waals surface area contributed by atoms with Crippen LogP contribution in [0.15, 0.2) is 36.4 Å². The van der Waals surface area contributed by atoms with Crippen LogP contribution in [-0.4, -0.2) is 32.8 Å². The smallest absolute Gasteiger partial charge is 0.226 e. The van der Waals surface area contributed by atoms with E-state index in [0.29, 0.717) is 54.1 Å². The second-order valence-electron chi connectivity index (χ2n) is 5.43. The van der Waals surface area contributed by atoms with Crippen molar-refractivity contribution in [2.45, 2.75) is 6.42 Å². The van der Waals surface area contributed by atoms with Crippen LogP contribution in [-0.2, 0) is 4.79 Å². The number of hydrogen-bond donors (Lipinski definition) is 2. The van der Waals surface area contributed by atoms with Gasteiger partial charge in [-0.15, -0.1) is 0 Å². The molecule has 2 N–H and O–H groups in total. The maximum Gasteiger partial charge on any atom is 0.226 e. The minimum absolute atomic E-state index is 0.106. The molecule has 7 heteroatoms. The average Bonchev–Trinajstić information content (AvgIpc) is 2.62. The zero-order chi connectivity index (χ0) is 17.6. The Morgan fingerprint density at radius 3 is 2.76 bits per heavy atom. The zero-order valence-electron chi connectivity index (χ0n) is 13.8. The Morgan fingerprint density at radius 1 is 1.16 bits per heavy atom. The second-order valence-corrected chi connectivity index (χ2v) is 5.86. The van der Waals surface area contributed by atoms with Gasteiger partial charge in [0, 0.05) is 29.7 Å². The predicted octanol–water partition coefficient (Wildman–Crippen LogP) is 3.56. The third-order valence-corrected chi connectivity index (χ3v) is 3.89. The van der Waals surface area contributed by atoms with Crippen LogP contribution in [0.2, 0.25) is 5.02 Å². The third-order valence-electron chi connectivity index (χ3n) is 3.65. The highest BCUT2D eigenvalue weighted by molar-refractivity contribution is 6.30. The number of methoxy groups -OCH3 is 1. The SMILES string of the molecule is COc1ccc(Cl)cc1NCCC(=O)Nc1ccc2c(c1)OCCO2. The Bertz CT molecular complexity index is 767. The summed E-state index contributed by atoms with van der Waals surface area (Å²) in [6, 6.07) is 10.6. The summed E-state index contributed by atoms with van der Waals surface area (Å²) in [4.78, 5) is 12.1. The molecular formula is C18H19ClN2O4. The molecular weight excluding hydrogens is 344 g/mol. The molecule has 0 aliphatic carbocycles. The molecule has 1 amide bonds. The van der Waals surface area contributed by atoms with E-state index < -0.39 is 0 Å². The van der Waals surface area contributed by atoms with Crippen molar-refractivity contribution in [3.05, 3.63) is 41.4 Å². The van der Waals surface area contributed by atoms with Crippen molar-refractivity contribution in [1.82, 2.24) is 0 Å². The van der Waals surface area contributed by atoms with E-state index in [1.54, 1.807) is 43.5 Å². The number of fused-ring (bicyclic) bond motifs is 1. The Labute approximate surface area is 151 Å². The van der Waals surface area contributed by atoms with Crippen LogP contribution in [0.25, 0.3) is 0 Å². The van der Waals surface area contributed by atoms with Gasteiger partial charge < -0.3 is 24.8 Å². The standard InChI is InChI=1S/C18H19ClN2O4/c1-23-15-4-2-12(19)10-14(15)20-7-6-18(22)21-13-3-5-16-17(11-13)25-9-8-24-16/h2-5,10-11,20H,6-9H2,1H3,(H,21,22). The number of rotatable bonds is 6. The number of carbonyl (C=O) groups is 1. The average molecular weight is 363 g/mol. The van der Waals surface area contributed by atoms with Gasteiger partial charge in [0.05, 0.1) is 12.8 Å². The molecule has 6 nitrogen and oxygen atoms in total. The first-order chi connectivity index (χ1) is 12.2. The second kappa shape index (κ2) is 7.98. The first-order valence-corrected chi connectivity index (χ1v) is 8.30. The summed E-state index contributed by atoms with van der Waals surface area (Å²) < 4.78 is 16.2. The summed E-state index contributed by atoms with van der Waals surface area (Å²) in [6.07, 6.45) is 0.296. The molecule has 0 aromatic heterocycles. The number of anilines is 2. The summed E-state index contributed by atoms with van der Waals surface area (Å²) in [5, 5.41) is 6.60. The van der Waals surface area contributed by atoms with Crippen molar-refractivity contribution < 1.29 is 19.0 Å². The summed E-state index contributed by atoms with van der Waals surface area (Å²) in [6.45, 7) is 1.50. The van der Waals surface area contributed by atoms with Crippen molar-refractivity contribution in [2.24, 2.45) is 0 Å². The van der Waals surface area contributed by atoms with Crippen LogP contribution in [0.5, 0.6) is 17.2 Å². The van der Waals surface area contributed by atoms with Crippen LogP contribution in [0, 0.1) is 0 Å². The van der Waals surface area contributed by atoms with E-state index in [4.69, 9.17) is 25.8 Å². The van der Waals surface area contributed by atoms with E-state index in [0.717, 1.165) is 5.69 Å². The number of carbonyl (C=O) groups excluding carboxylic acids is 1. The van der Waals surface area contributed by atoms with Gasteiger partial charge in [0.25, 0.3) is 0 Å². The molecule has 0 atom stereocenters. The van der Waals surface area contributed by atoms with Gasteiger partial charge >= 0.3 is 0 Å². The fourth-order valence-corrected chi connectivity index (χ4v) is 2.65. The van der Waals surface area contributed by atoms with Crippen LogP contribution in [0.1, 0.15) is 6.42 Å². The number of hydrogen-bond acceptors (Lipinski definition) is 5. The van der Waals surface area contributed by atoms with E-state index in [2.05, 4.69) is 10.6 Å². The number of amides is 1. The van der Waals surface area contributed by atoms with Gasteiger partial charge in [0.1, 0.15) is 19.0 Å². The molecule has 1 aliphatic heterocycles. The zero-order valence-corrected chi connectivity index (χ0v) is 14.6. The molecule has 0 radical (unpaired) electrons. The highest BCUT2D eigenvalue weighted by atomic mass is 35.5. The maximum atomic E-state index is 12.1. The molecule has 132 valence electrons. The number of ether oxygens (including phenoxy) is 3. The molecule has 0 unspecified atom stereocenters. The minimum atomic E-state index is -0.106. The monoisotopic (exact) mass is 362 g/mol. The van der Waals surface area contributed by atoms with Crippen molar-refractivity contribution >= 4 is 28.9 Å². The van der Waals surface area contributed by atoms with Crippen molar-refractivity contribution in [3.63, 3.8) is 0 Å². The highest BCUT2D eigenvalue weighted by Gasteiger charge is 2.13. The molecule has 0 saturated heterocycles. The van der Waals surface area contributed by atoms with Crippen LogP contribution in [0.4, 0.5) is 11.4 Å².